The van der Waals surface area contributed by atoms with Gasteiger partial charge in [0.15, 0.2) is 5.11 Å². The minimum atomic E-state index is 0.713. The number of rotatable bonds is 9. The molecule has 0 radical (unpaired) electrons. The van der Waals surface area contributed by atoms with Gasteiger partial charge in [-0.3, -0.25) is 9.88 Å². The maximum absolute atomic E-state index is 5.89. The summed E-state index contributed by atoms with van der Waals surface area (Å²) in [6, 6.07) is 21.7. The van der Waals surface area contributed by atoms with E-state index >= 15 is 0 Å². The Labute approximate surface area is 201 Å². The van der Waals surface area contributed by atoms with Gasteiger partial charge in [-0.1, -0.05) is 18.2 Å². The number of anilines is 1. The van der Waals surface area contributed by atoms with Crippen LogP contribution in [0.4, 0.5) is 5.69 Å². The first-order valence-corrected chi connectivity index (χ1v) is 11.7. The molecule has 6 nitrogen and oxygen atoms in total. The average Bonchev–Trinajstić information content (AvgIpc) is 2.86. The van der Waals surface area contributed by atoms with Crippen LogP contribution in [0.2, 0.25) is 0 Å². The van der Waals surface area contributed by atoms with E-state index in [1.54, 1.807) is 0 Å². The summed E-state index contributed by atoms with van der Waals surface area (Å²) in [6.45, 7) is 6.32. The number of nitrogens with one attached hydrogen (secondary N) is 1. The number of hydrogen-bond donors (Lipinski definition) is 1. The van der Waals surface area contributed by atoms with E-state index in [1.165, 1.54) is 5.56 Å². The molecule has 0 saturated carbocycles. The van der Waals surface area contributed by atoms with Crippen molar-refractivity contribution >= 4 is 23.0 Å². The molecule has 4 rings (SSSR count). The third kappa shape index (κ3) is 7.53. The maximum atomic E-state index is 5.89. The highest BCUT2D eigenvalue weighted by Gasteiger charge is 2.14. The molecule has 0 unspecified atom stereocenters. The van der Waals surface area contributed by atoms with Crippen LogP contribution in [0.25, 0.3) is 0 Å². The third-order valence-corrected chi connectivity index (χ3v) is 5.86. The van der Waals surface area contributed by atoms with Crippen molar-refractivity contribution in [3.05, 3.63) is 84.7 Å². The second kappa shape index (κ2) is 12.3. The summed E-state index contributed by atoms with van der Waals surface area (Å²) in [6.07, 6.45) is 4.68. The number of hydrogen-bond acceptors (Lipinski definition) is 5. The number of ether oxygens (including phenoxy) is 2. The van der Waals surface area contributed by atoms with E-state index in [1.807, 2.05) is 79.1 Å². The van der Waals surface area contributed by atoms with Crippen molar-refractivity contribution in [3.63, 3.8) is 0 Å². The average molecular weight is 463 g/mol. The van der Waals surface area contributed by atoms with Crippen LogP contribution < -0.4 is 10.1 Å². The molecule has 1 fully saturated rings. The molecule has 2 aromatic carbocycles. The minimum absolute atomic E-state index is 0.713. The van der Waals surface area contributed by atoms with Gasteiger partial charge in [-0.15, -0.1) is 0 Å². The van der Waals surface area contributed by atoms with Crippen molar-refractivity contribution in [2.45, 2.75) is 13.0 Å². The number of pyridine rings is 1. The first-order valence-electron chi connectivity index (χ1n) is 11.3. The minimum Gasteiger partial charge on any atom is -0.457 e. The first-order chi connectivity index (χ1) is 16.3. The Kier molecular flexibility index (Phi) is 8.63. The highest BCUT2D eigenvalue weighted by Crippen LogP contribution is 2.23. The number of morpholine rings is 1. The predicted molar refractivity (Wildman–Crippen MR) is 136 cm³/mol. The van der Waals surface area contributed by atoms with Gasteiger partial charge in [-0.2, -0.15) is 0 Å². The largest absolute Gasteiger partial charge is 0.457 e. The molecule has 0 atom stereocenters. The Morgan fingerprint density at radius 3 is 2.39 bits per heavy atom. The Hall–Kier alpha value is -3.00. The zero-order valence-electron chi connectivity index (χ0n) is 18.7. The van der Waals surface area contributed by atoms with Crippen LogP contribution >= 0.6 is 12.2 Å². The normalized spacial score (nSPS) is 13.9. The fourth-order valence-electron chi connectivity index (χ4n) is 3.70. The van der Waals surface area contributed by atoms with Crippen LogP contribution in [0.5, 0.6) is 11.5 Å². The van der Waals surface area contributed by atoms with Crippen LogP contribution in [-0.2, 0) is 11.3 Å². The van der Waals surface area contributed by atoms with E-state index in [2.05, 4.69) is 20.1 Å². The molecule has 172 valence electrons. The van der Waals surface area contributed by atoms with Gasteiger partial charge < -0.3 is 19.7 Å². The number of aromatic nitrogens is 1. The van der Waals surface area contributed by atoms with E-state index in [9.17, 15) is 0 Å². The van der Waals surface area contributed by atoms with E-state index < -0.39 is 0 Å². The number of thiocarbonyl (C=S) groups is 1. The lowest BCUT2D eigenvalue weighted by atomic mass is 10.2. The summed E-state index contributed by atoms with van der Waals surface area (Å²) in [5.74, 6) is 1.61. The van der Waals surface area contributed by atoms with Crippen LogP contribution in [0.1, 0.15) is 12.0 Å². The molecule has 1 saturated heterocycles. The predicted octanol–water partition coefficient (Wildman–Crippen LogP) is 4.80. The Bertz CT molecular complexity index is 980. The summed E-state index contributed by atoms with van der Waals surface area (Å²) in [5.41, 5.74) is 2.13. The van der Waals surface area contributed by atoms with Gasteiger partial charge in [0.2, 0.25) is 0 Å². The molecule has 0 spiro atoms. The van der Waals surface area contributed by atoms with Gasteiger partial charge in [0.1, 0.15) is 11.5 Å². The second-order valence-electron chi connectivity index (χ2n) is 7.95. The van der Waals surface area contributed by atoms with E-state index in [-0.39, 0.29) is 0 Å². The third-order valence-electron chi connectivity index (χ3n) is 5.50. The Balaban J connectivity index is 1.35. The second-order valence-corrected chi connectivity index (χ2v) is 8.34. The summed E-state index contributed by atoms with van der Waals surface area (Å²) in [7, 11) is 0. The highest BCUT2D eigenvalue weighted by atomic mass is 32.1. The van der Waals surface area contributed by atoms with E-state index in [4.69, 9.17) is 21.7 Å². The zero-order chi connectivity index (χ0) is 22.7. The fraction of sp³-hybridized carbons (Fsp3) is 0.308. The monoisotopic (exact) mass is 462 g/mol. The van der Waals surface area contributed by atoms with Crippen molar-refractivity contribution in [1.82, 2.24) is 14.8 Å². The summed E-state index contributed by atoms with van der Waals surface area (Å²) < 4.78 is 11.3. The number of para-hydroxylation sites is 1. The molecule has 33 heavy (non-hydrogen) atoms. The molecular weight excluding hydrogens is 432 g/mol. The van der Waals surface area contributed by atoms with Crippen LogP contribution in [0.15, 0.2) is 79.1 Å². The maximum Gasteiger partial charge on any atom is 0.173 e. The van der Waals surface area contributed by atoms with Gasteiger partial charge in [0.05, 0.1) is 13.2 Å². The van der Waals surface area contributed by atoms with Gasteiger partial charge in [0.25, 0.3) is 0 Å². The smallest absolute Gasteiger partial charge is 0.173 e. The SMILES string of the molecule is S=C(Nc1ccc(Oc2ccccc2)cc1)N(CCCN1CCOCC1)Cc1ccncc1. The van der Waals surface area contributed by atoms with Crippen molar-refractivity contribution in [3.8, 4) is 11.5 Å². The molecule has 1 aliphatic rings. The van der Waals surface area contributed by atoms with E-state index in [0.29, 0.717) is 5.11 Å². The molecule has 7 heteroatoms. The van der Waals surface area contributed by atoms with Crippen molar-refractivity contribution in [1.29, 1.82) is 0 Å². The molecule has 0 aliphatic carbocycles. The quantitative estimate of drug-likeness (QED) is 0.459. The van der Waals surface area contributed by atoms with Gasteiger partial charge in [-0.25, -0.2) is 0 Å². The van der Waals surface area contributed by atoms with Crippen LogP contribution in [0, 0.1) is 0 Å². The Morgan fingerprint density at radius 1 is 0.970 bits per heavy atom. The highest BCUT2D eigenvalue weighted by molar-refractivity contribution is 7.80. The summed E-state index contributed by atoms with van der Waals surface area (Å²) in [4.78, 5) is 8.81. The van der Waals surface area contributed by atoms with Crippen LogP contribution in [-0.4, -0.2) is 59.3 Å². The molecule has 0 bridgehead atoms. The molecule has 3 aromatic rings. The standard InChI is InChI=1S/C26H30N4O2S/c33-26(28-23-7-9-25(10-8-23)32-24-5-2-1-3-6-24)30(21-22-11-13-27-14-12-22)16-4-15-29-17-19-31-20-18-29/h1-3,5-14H,4,15-21H2,(H,28,33). The topological polar surface area (TPSA) is 49.9 Å². The first kappa shape index (κ1) is 23.2. The van der Waals surface area contributed by atoms with Crippen molar-refractivity contribution in [2.75, 3.05) is 44.7 Å². The molecule has 0 amide bonds. The lowest BCUT2D eigenvalue weighted by Crippen LogP contribution is -2.40. The molecule has 1 N–H and O–H groups in total. The van der Waals surface area contributed by atoms with Gasteiger partial charge >= 0.3 is 0 Å². The number of nitrogens with zero attached hydrogens (tertiary/aromatic N) is 3. The Morgan fingerprint density at radius 2 is 1.67 bits per heavy atom. The van der Waals surface area contributed by atoms with Gasteiger partial charge in [0, 0.05) is 50.8 Å². The number of benzene rings is 2. The molecular formula is C26H30N4O2S. The summed E-state index contributed by atoms with van der Waals surface area (Å²) in [5, 5.41) is 4.11. The zero-order valence-corrected chi connectivity index (χ0v) is 19.5. The lowest BCUT2D eigenvalue weighted by molar-refractivity contribution is 0.0368. The van der Waals surface area contributed by atoms with Crippen molar-refractivity contribution in [2.24, 2.45) is 0 Å². The van der Waals surface area contributed by atoms with Crippen LogP contribution in [0.3, 0.4) is 0 Å². The van der Waals surface area contributed by atoms with E-state index in [0.717, 1.165) is 69.5 Å². The fourth-order valence-corrected chi connectivity index (χ4v) is 3.98. The van der Waals surface area contributed by atoms with Crippen molar-refractivity contribution < 1.29 is 9.47 Å². The molecule has 2 heterocycles. The van der Waals surface area contributed by atoms with Gasteiger partial charge in [-0.05, 0) is 72.7 Å². The molecule has 1 aromatic heterocycles. The summed E-state index contributed by atoms with van der Waals surface area (Å²) >= 11 is 5.80. The lowest BCUT2D eigenvalue weighted by Gasteiger charge is -2.29. The molecule has 1 aliphatic heterocycles.